The van der Waals surface area contributed by atoms with E-state index in [1.165, 1.54) is 6.33 Å². The number of fused-ring (bicyclic) bond motifs is 1. The summed E-state index contributed by atoms with van der Waals surface area (Å²) >= 11 is 0. The van der Waals surface area contributed by atoms with Crippen LogP contribution >= 0.6 is 0 Å². The lowest BCUT2D eigenvalue weighted by Crippen LogP contribution is -2.34. The predicted octanol–water partition coefficient (Wildman–Crippen LogP) is 2.05. The van der Waals surface area contributed by atoms with Crippen LogP contribution in [0.15, 0.2) is 73.2 Å². The predicted molar refractivity (Wildman–Crippen MR) is 104 cm³/mol. The highest BCUT2D eigenvalue weighted by molar-refractivity contribution is 5.88. The van der Waals surface area contributed by atoms with Crippen LogP contribution in [0.25, 0.3) is 11.0 Å². The Labute approximate surface area is 160 Å². The van der Waals surface area contributed by atoms with Crippen LogP contribution in [0.3, 0.4) is 0 Å². The smallest absolute Gasteiger partial charge is 0.271 e. The van der Waals surface area contributed by atoms with Crippen molar-refractivity contribution in [3.8, 4) is 0 Å². The second-order valence-corrected chi connectivity index (χ2v) is 6.17. The van der Waals surface area contributed by atoms with Crippen molar-refractivity contribution in [2.24, 2.45) is 0 Å². The molecule has 0 fully saturated rings. The van der Waals surface area contributed by atoms with E-state index in [4.69, 9.17) is 0 Å². The zero-order valence-electron chi connectivity index (χ0n) is 14.9. The number of hydrazine groups is 1. The molecule has 3 N–H and O–H groups in total. The van der Waals surface area contributed by atoms with Crippen LogP contribution in [0.1, 0.15) is 17.2 Å². The van der Waals surface area contributed by atoms with Crippen molar-refractivity contribution in [2.75, 3.05) is 5.43 Å². The lowest BCUT2D eigenvalue weighted by Gasteiger charge is -2.13. The normalized spacial score (nSPS) is 11.9. The number of nitrogens with zero attached hydrogens (tertiary/aromatic N) is 4. The quantitative estimate of drug-likeness (QED) is 0.446. The van der Waals surface area contributed by atoms with Crippen LogP contribution in [0.2, 0.25) is 0 Å². The molecule has 1 amide bonds. The second kappa shape index (κ2) is 7.85. The fraction of sp³-hybridized carbons (Fsp3) is 0.100. The first-order valence-electron chi connectivity index (χ1n) is 8.71. The monoisotopic (exact) mass is 374 g/mol. The summed E-state index contributed by atoms with van der Waals surface area (Å²) in [5.41, 5.74) is 7.47. The van der Waals surface area contributed by atoms with Gasteiger partial charge in [0, 0.05) is 0 Å². The molecule has 0 aliphatic carbocycles. The molecular weight excluding hydrogens is 356 g/mol. The van der Waals surface area contributed by atoms with Gasteiger partial charge in [-0.25, -0.2) is 14.6 Å². The van der Waals surface area contributed by atoms with E-state index in [9.17, 15) is 9.90 Å². The first-order valence-corrected chi connectivity index (χ1v) is 8.71. The van der Waals surface area contributed by atoms with Crippen molar-refractivity contribution < 1.29 is 9.90 Å². The van der Waals surface area contributed by atoms with Crippen LogP contribution in [-0.2, 0) is 11.3 Å². The van der Waals surface area contributed by atoms with E-state index in [1.54, 1.807) is 35.1 Å². The summed E-state index contributed by atoms with van der Waals surface area (Å²) in [4.78, 5) is 20.7. The summed E-state index contributed by atoms with van der Waals surface area (Å²) < 4.78 is 1.76. The molecule has 0 bridgehead atoms. The Hall–Kier alpha value is -3.78. The number of aliphatic hydroxyl groups is 1. The molecule has 0 aliphatic heterocycles. The van der Waals surface area contributed by atoms with Crippen LogP contribution in [0.5, 0.6) is 0 Å². The van der Waals surface area contributed by atoms with E-state index in [0.717, 1.165) is 5.56 Å². The Morgan fingerprint density at radius 3 is 2.50 bits per heavy atom. The number of anilines is 1. The summed E-state index contributed by atoms with van der Waals surface area (Å²) in [5, 5.41) is 15.2. The number of hydrogen-bond acceptors (Lipinski definition) is 6. The zero-order valence-corrected chi connectivity index (χ0v) is 14.9. The Balaban J connectivity index is 1.49. The maximum absolute atomic E-state index is 12.2. The van der Waals surface area contributed by atoms with Gasteiger partial charge < -0.3 is 5.11 Å². The highest BCUT2D eigenvalue weighted by Gasteiger charge is 2.17. The molecule has 0 aliphatic rings. The van der Waals surface area contributed by atoms with Crippen LogP contribution < -0.4 is 10.9 Å². The highest BCUT2D eigenvalue weighted by atomic mass is 16.3. The first kappa shape index (κ1) is 17.6. The van der Waals surface area contributed by atoms with E-state index in [1.807, 2.05) is 36.4 Å². The highest BCUT2D eigenvalue weighted by Crippen LogP contribution is 2.19. The summed E-state index contributed by atoms with van der Waals surface area (Å²) in [7, 11) is 0. The molecule has 4 rings (SSSR count). The zero-order chi connectivity index (χ0) is 19.3. The molecule has 0 saturated heterocycles. The van der Waals surface area contributed by atoms with Gasteiger partial charge in [0.25, 0.3) is 5.91 Å². The summed E-state index contributed by atoms with van der Waals surface area (Å²) in [5.74, 6) is -0.187. The third kappa shape index (κ3) is 3.67. The van der Waals surface area contributed by atoms with Gasteiger partial charge >= 0.3 is 0 Å². The number of hydrogen-bond donors (Lipinski definition) is 3. The molecule has 0 radical (unpaired) electrons. The first-order chi connectivity index (χ1) is 13.7. The van der Waals surface area contributed by atoms with Gasteiger partial charge in [-0.2, -0.15) is 5.10 Å². The van der Waals surface area contributed by atoms with E-state index < -0.39 is 12.0 Å². The van der Waals surface area contributed by atoms with E-state index in [0.29, 0.717) is 29.0 Å². The van der Waals surface area contributed by atoms with E-state index in [2.05, 4.69) is 25.9 Å². The molecule has 28 heavy (non-hydrogen) atoms. The van der Waals surface area contributed by atoms with Crippen molar-refractivity contribution in [1.29, 1.82) is 0 Å². The molecule has 8 heteroatoms. The van der Waals surface area contributed by atoms with Gasteiger partial charge in [0.2, 0.25) is 0 Å². The van der Waals surface area contributed by atoms with Gasteiger partial charge in [-0.15, -0.1) is 0 Å². The lowest BCUT2D eigenvalue weighted by atomic mass is 10.1. The molecule has 4 aromatic rings. The fourth-order valence-electron chi connectivity index (χ4n) is 2.84. The molecule has 0 spiro atoms. The Morgan fingerprint density at radius 1 is 1.04 bits per heavy atom. The number of aromatic nitrogens is 4. The number of carbonyl (C=O) groups excluding carboxylic acids is 1. The number of benzene rings is 2. The summed E-state index contributed by atoms with van der Waals surface area (Å²) in [6.07, 6.45) is 1.75. The van der Waals surface area contributed by atoms with Crippen molar-refractivity contribution >= 4 is 22.8 Å². The van der Waals surface area contributed by atoms with Gasteiger partial charge in [-0.05, 0) is 11.1 Å². The topological polar surface area (TPSA) is 105 Å². The third-order valence-corrected chi connectivity index (χ3v) is 4.28. The SMILES string of the molecule is O=C(NNc1ncnc2c1cnn2Cc1ccccc1)[C@H](O)c1ccccc1. The number of amides is 1. The number of nitrogens with one attached hydrogen (secondary N) is 2. The lowest BCUT2D eigenvalue weighted by molar-refractivity contribution is -0.129. The fourth-order valence-corrected chi connectivity index (χ4v) is 2.84. The number of rotatable bonds is 6. The van der Waals surface area contributed by atoms with Gasteiger partial charge in [0.05, 0.1) is 18.1 Å². The molecule has 0 unspecified atom stereocenters. The largest absolute Gasteiger partial charge is 0.378 e. The van der Waals surface area contributed by atoms with E-state index >= 15 is 0 Å². The van der Waals surface area contributed by atoms with Gasteiger partial charge in [0.15, 0.2) is 17.6 Å². The van der Waals surface area contributed by atoms with Gasteiger partial charge in [0.1, 0.15) is 6.33 Å². The summed E-state index contributed by atoms with van der Waals surface area (Å²) in [6.45, 7) is 0.569. The molecule has 8 nitrogen and oxygen atoms in total. The number of carbonyl (C=O) groups is 1. The number of aliphatic hydroxyl groups excluding tert-OH is 1. The van der Waals surface area contributed by atoms with Crippen LogP contribution in [0, 0.1) is 0 Å². The summed E-state index contributed by atoms with van der Waals surface area (Å²) in [6, 6.07) is 18.6. The minimum absolute atomic E-state index is 0.401. The average Bonchev–Trinajstić information content (AvgIpc) is 3.16. The third-order valence-electron chi connectivity index (χ3n) is 4.28. The van der Waals surface area contributed by atoms with Gasteiger partial charge in [-0.1, -0.05) is 60.7 Å². The minimum Gasteiger partial charge on any atom is -0.378 e. The molecule has 0 saturated carbocycles. The van der Waals surface area contributed by atoms with Crippen molar-refractivity contribution in [1.82, 2.24) is 25.2 Å². The molecule has 140 valence electrons. The minimum atomic E-state index is -1.29. The maximum atomic E-state index is 12.2. The van der Waals surface area contributed by atoms with Crippen molar-refractivity contribution in [3.63, 3.8) is 0 Å². The molecular formula is C20H18N6O2. The molecule has 2 aromatic carbocycles. The average molecular weight is 374 g/mol. The Bertz CT molecular complexity index is 1080. The molecule has 2 heterocycles. The maximum Gasteiger partial charge on any atom is 0.271 e. The van der Waals surface area contributed by atoms with Gasteiger partial charge in [-0.3, -0.25) is 15.6 Å². The Kier molecular flexibility index (Phi) is 4.94. The van der Waals surface area contributed by atoms with Crippen molar-refractivity contribution in [2.45, 2.75) is 12.6 Å². The molecule has 1 atom stereocenters. The van der Waals surface area contributed by atoms with E-state index in [-0.39, 0.29) is 0 Å². The van der Waals surface area contributed by atoms with Crippen molar-refractivity contribution in [3.05, 3.63) is 84.3 Å². The Morgan fingerprint density at radius 2 is 1.75 bits per heavy atom. The molecule has 2 aromatic heterocycles. The van der Waals surface area contributed by atoms with Crippen LogP contribution in [-0.4, -0.2) is 30.8 Å². The second-order valence-electron chi connectivity index (χ2n) is 6.17. The van der Waals surface area contributed by atoms with Crippen LogP contribution in [0.4, 0.5) is 5.82 Å². The standard InChI is InChI=1S/C20H18N6O2/c27-17(15-9-5-2-6-10-15)20(28)25-24-18-16-11-23-26(19(16)22-13-21-18)12-14-7-3-1-4-8-14/h1-11,13,17,27H,12H2,(H,25,28)(H,21,22,24)/t17-/m1/s1.